The van der Waals surface area contributed by atoms with E-state index in [0.29, 0.717) is 12.1 Å². The molecule has 1 unspecified atom stereocenters. The maximum atomic E-state index is 12.6. The van der Waals surface area contributed by atoms with Crippen molar-refractivity contribution < 1.29 is 14.3 Å². The second-order valence-electron chi connectivity index (χ2n) is 6.52. The Morgan fingerprint density at radius 2 is 1.75 bits per heavy atom. The van der Waals surface area contributed by atoms with Gasteiger partial charge in [-0.25, -0.2) is 0 Å². The fourth-order valence-corrected chi connectivity index (χ4v) is 2.88. The molecule has 1 aliphatic rings. The first-order chi connectivity index (χ1) is 13.7. The fourth-order valence-electron chi connectivity index (χ4n) is 2.88. The van der Waals surface area contributed by atoms with Crippen LogP contribution in [0, 0.1) is 0 Å². The highest BCUT2D eigenvalue weighted by Gasteiger charge is 2.18. The van der Waals surface area contributed by atoms with Gasteiger partial charge < -0.3 is 15.4 Å². The van der Waals surface area contributed by atoms with Gasteiger partial charge in [0.1, 0.15) is 5.70 Å². The normalized spacial score (nSPS) is 16.9. The molecule has 2 amide bonds. The molecule has 0 aromatic heterocycles. The molecule has 144 valence electrons. The lowest BCUT2D eigenvalue weighted by molar-refractivity contribution is -0.118. The van der Waals surface area contributed by atoms with Crippen molar-refractivity contribution >= 4 is 17.9 Å². The minimum atomic E-state index is -0.336. The number of allylic oxidation sites excluding steroid dienone is 2. The highest BCUT2D eigenvalue weighted by molar-refractivity contribution is 6.03. The molecular formula is C23H24N2O3. The van der Waals surface area contributed by atoms with E-state index in [2.05, 4.69) is 10.6 Å². The molecule has 0 aliphatic carbocycles. The Morgan fingerprint density at radius 1 is 1.04 bits per heavy atom. The van der Waals surface area contributed by atoms with Gasteiger partial charge in [0.25, 0.3) is 11.8 Å². The molecule has 0 radical (unpaired) electrons. The van der Waals surface area contributed by atoms with E-state index in [1.807, 2.05) is 42.5 Å². The van der Waals surface area contributed by atoms with E-state index >= 15 is 0 Å². The first-order valence-electron chi connectivity index (χ1n) is 9.42. The van der Waals surface area contributed by atoms with Crippen molar-refractivity contribution in [2.24, 2.45) is 0 Å². The van der Waals surface area contributed by atoms with Crippen LogP contribution in [0.25, 0.3) is 6.08 Å². The number of rotatable bonds is 7. The lowest BCUT2D eigenvalue weighted by Gasteiger charge is -2.13. The number of amides is 2. The number of carbonyl (C=O) groups excluding carboxylic acids is 2. The van der Waals surface area contributed by atoms with Crippen molar-refractivity contribution in [1.29, 1.82) is 0 Å². The molecule has 0 bridgehead atoms. The molecule has 1 aliphatic heterocycles. The Labute approximate surface area is 165 Å². The summed E-state index contributed by atoms with van der Waals surface area (Å²) in [6, 6.07) is 18.6. The number of carbonyl (C=O) groups is 2. The lowest BCUT2D eigenvalue weighted by atomic mass is 10.2. The van der Waals surface area contributed by atoms with Gasteiger partial charge in [0, 0.05) is 18.7 Å². The zero-order valence-electron chi connectivity index (χ0n) is 15.6. The highest BCUT2D eigenvalue weighted by atomic mass is 16.5. The van der Waals surface area contributed by atoms with Gasteiger partial charge >= 0.3 is 0 Å². The third-order valence-corrected chi connectivity index (χ3v) is 4.39. The summed E-state index contributed by atoms with van der Waals surface area (Å²) in [5.74, 6) is -0.662. The predicted molar refractivity (Wildman–Crippen MR) is 109 cm³/mol. The average molecular weight is 376 g/mol. The molecule has 3 rings (SSSR count). The van der Waals surface area contributed by atoms with Crippen molar-refractivity contribution in [3.05, 3.63) is 89.6 Å². The third-order valence-electron chi connectivity index (χ3n) is 4.39. The van der Waals surface area contributed by atoms with Crippen LogP contribution in [0.4, 0.5) is 0 Å². The smallest absolute Gasteiger partial charge is 0.267 e. The predicted octanol–water partition coefficient (Wildman–Crippen LogP) is 3.31. The molecule has 2 aromatic carbocycles. The molecule has 2 aromatic rings. The second kappa shape index (κ2) is 10.2. The number of ether oxygens (including phenoxy) is 1. The Morgan fingerprint density at radius 3 is 2.43 bits per heavy atom. The summed E-state index contributed by atoms with van der Waals surface area (Å²) in [5.41, 5.74) is 1.69. The van der Waals surface area contributed by atoms with Crippen LogP contribution in [0.2, 0.25) is 0 Å². The van der Waals surface area contributed by atoms with E-state index in [0.717, 1.165) is 25.0 Å². The Kier molecular flexibility index (Phi) is 7.15. The average Bonchev–Trinajstić information content (AvgIpc) is 3.26. The Balaban J connectivity index is 1.70. The maximum absolute atomic E-state index is 12.6. The monoisotopic (exact) mass is 376 g/mol. The van der Waals surface area contributed by atoms with E-state index in [4.69, 9.17) is 4.74 Å². The molecule has 1 atom stereocenters. The molecular weight excluding hydrogens is 352 g/mol. The molecule has 5 nitrogen and oxygen atoms in total. The molecule has 0 spiro atoms. The number of benzene rings is 2. The molecule has 28 heavy (non-hydrogen) atoms. The van der Waals surface area contributed by atoms with E-state index < -0.39 is 0 Å². The molecule has 5 heteroatoms. The third kappa shape index (κ3) is 5.93. The number of nitrogens with one attached hydrogen (secondary N) is 2. The molecule has 1 heterocycles. The summed E-state index contributed by atoms with van der Waals surface area (Å²) in [5, 5.41) is 5.56. The molecule has 0 saturated carbocycles. The van der Waals surface area contributed by atoms with Gasteiger partial charge in [-0.2, -0.15) is 0 Å². The zero-order chi connectivity index (χ0) is 19.6. The van der Waals surface area contributed by atoms with Gasteiger partial charge in [0.2, 0.25) is 0 Å². The van der Waals surface area contributed by atoms with Crippen LogP contribution in [0.5, 0.6) is 0 Å². The van der Waals surface area contributed by atoms with E-state index in [1.54, 1.807) is 36.4 Å². The van der Waals surface area contributed by atoms with E-state index in [9.17, 15) is 9.59 Å². The minimum Gasteiger partial charge on any atom is -0.376 e. The summed E-state index contributed by atoms with van der Waals surface area (Å²) < 4.78 is 5.54. The molecule has 1 saturated heterocycles. The Hall–Kier alpha value is -3.18. The summed E-state index contributed by atoms with van der Waals surface area (Å²) in [6.45, 7) is 1.16. The SMILES string of the molecule is O=C(NCC1CCCO1)/C(=C/C=C/c1ccccc1)NC(=O)c1ccccc1. The maximum Gasteiger partial charge on any atom is 0.267 e. The largest absolute Gasteiger partial charge is 0.376 e. The van der Waals surface area contributed by atoms with Crippen LogP contribution in [0.3, 0.4) is 0 Å². The van der Waals surface area contributed by atoms with Gasteiger partial charge in [0.15, 0.2) is 0 Å². The van der Waals surface area contributed by atoms with Crippen LogP contribution in [-0.2, 0) is 9.53 Å². The van der Waals surface area contributed by atoms with Crippen LogP contribution >= 0.6 is 0 Å². The van der Waals surface area contributed by atoms with Crippen molar-refractivity contribution in [1.82, 2.24) is 10.6 Å². The van der Waals surface area contributed by atoms with Crippen molar-refractivity contribution in [2.45, 2.75) is 18.9 Å². The molecule has 1 fully saturated rings. The summed E-state index contributed by atoms with van der Waals surface area (Å²) in [4.78, 5) is 25.1. The zero-order valence-corrected chi connectivity index (χ0v) is 15.6. The lowest BCUT2D eigenvalue weighted by Crippen LogP contribution is -2.38. The second-order valence-corrected chi connectivity index (χ2v) is 6.52. The number of hydrogen-bond donors (Lipinski definition) is 2. The van der Waals surface area contributed by atoms with Gasteiger partial charge in [-0.1, -0.05) is 60.7 Å². The van der Waals surface area contributed by atoms with Crippen molar-refractivity contribution in [3.8, 4) is 0 Å². The van der Waals surface area contributed by atoms with Crippen LogP contribution in [-0.4, -0.2) is 31.1 Å². The van der Waals surface area contributed by atoms with Gasteiger partial charge in [-0.05, 0) is 36.6 Å². The van der Waals surface area contributed by atoms with Crippen LogP contribution in [0.1, 0.15) is 28.8 Å². The summed E-state index contributed by atoms with van der Waals surface area (Å²) in [7, 11) is 0. The first-order valence-corrected chi connectivity index (χ1v) is 9.42. The minimum absolute atomic E-state index is 0.0369. The van der Waals surface area contributed by atoms with E-state index in [1.165, 1.54) is 0 Å². The summed E-state index contributed by atoms with van der Waals surface area (Å²) in [6.07, 6.45) is 7.22. The van der Waals surface area contributed by atoms with Crippen LogP contribution < -0.4 is 10.6 Å². The van der Waals surface area contributed by atoms with Crippen LogP contribution in [0.15, 0.2) is 78.5 Å². The van der Waals surface area contributed by atoms with Gasteiger partial charge in [0.05, 0.1) is 6.10 Å². The van der Waals surface area contributed by atoms with Crippen molar-refractivity contribution in [3.63, 3.8) is 0 Å². The number of hydrogen-bond acceptors (Lipinski definition) is 3. The van der Waals surface area contributed by atoms with Crippen molar-refractivity contribution in [2.75, 3.05) is 13.2 Å². The van der Waals surface area contributed by atoms with Gasteiger partial charge in [-0.3, -0.25) is 9.59 Å². The quantitative estimate of drug-likeness (QED) is 0.575. The first kappa shape index (κ1) is 19.6. The molecule has 2 N–H and O–H groups in total. The highest BCUT2D eigenvalue weighted by Crippen LogP contribution is 2.11. The standard InChI is InChI=1S/C23H24N2O3/c26-22(19-12-5-2-6-13-19)25-21(15-7-11-18-9-3-1-4-10-18)23(27)24-17-20-14-8-16-28-20/h1-7,9-13,15,20H,8,14,16-17H2,(H,24,27)(H,25,26)/b11-7+,21-15-. The fraction of sp³-hybridized carbons (Fsp3) is 0.217. The summed E-state index contributed by atoms with van der Waals surface area (Å²) >= 11 is 0. The Bertz CT molecular complexity index is 839. The topological polar surface area (TPSA) is 67.4 Å². The van der Waals surface area contributed by atoms with Gasteiger partial charge in [-0.15, -0.1) is 0 Å². The van der Waals surface area contributed by atoms with E-state index in [-0.39, 0.29) is 23.6 Å².